The Morgan fingerprint density at radius 1 is 1.33 bits per heavy atom. The molecular weight excluding hydrogens is 118 g/mol. The van der Waals surface area contributed by atoms with Crippen molar-refractivity contribution in [3.63, 3.8) is 0 Å². The Morgan fingerprint density at radius 3 is 1.67 bits per heavy atom. The zero-order valence-corrected chi connectivity index (χ0v) is 4.37. The molecule has 0 aromatic carbocycles. The molecule has 0 aromatic heterocycles. The summed E-state index contributed by atoms with van der Waals surface area (Å²) >= 11 is 4.99. The number of hydrogen-bond acceptors (Lipinski definition) is 2. The van der Waals surface area contributed by atoms with Crippen molar-refractivity contribution in [3.8, 4) is 11.6 Å². The third-order valence-electron chi connectivity index (χ3n) is 0.176. The fraction of sp³-hybridized carbons (Fsp3) is 0. The molecule has 30 valence electrons. The first kappa shape index (κ1) is 5.70. The van der Waals surface area contributed by atoms with Gasteiger partial charge in [-0.3, -0.25) is 0 Å². The van der Waals surface area contributed by atoms with E-state index in [1.807, 2.05) is 0 Å². The van der Waals surface area contributed by atoms with E-state index in [-0.39, 0.29) is 0 Å². The van der Waals surface area contributed by atoms with Crippen molar-refractivity contribution in [1.29, 1.82) is 10.5 Å². The largest absolute Gasteiger partial charge is 0.204 e. The van der Waals surface area contributed by atoms with Gasteiger partial charge in [-0.1, -0.05) is 11.2 Å². The molecule has 0 saturated carbocycles. The van der Waals surface area contributed by atoms with Crippen molar-refractivity contribution >= 4 is 18.5 Å². The lowest BCUT2D eigenvalue weighted by Gasteiger charge is -1.68. The summed E-state index contributed by atoms with van der Waals surface area (Å²) in [5.74, 6) is 3.17. The predicted molar refractivity (Wildman–Crippen MR) is 24.0 cm³/mol. The molecule has 0 radical (unpaired) electrons. The van der Waals surface area contributed by atoms with E-state index in [0.29, 0.717) is 0 Å². The van der Waals surface area contributed by atoms with Crippen LogP contribution in [0.15, 0.2) is 0 Å². The smallest absolute Gasteiger partial charge is 0.191 e. The zero-order chi connectivity index (χ0) is 4.99. The van der Waals surface area contributed by atoms with Crippen LogP contribution < -0.4 is 0 Å². The summed E-state index contributed by atoms with van der Waals surface area (Å²) in [7, 11) is -1.49. The lowest BCUT2D eigenvalue weighted by Crippen LogP contribution is -1.38. The predicted octanol–water partition coefficient (Wildman–Crippen LogP) is 1.58. The van der Waals surface area contributed by atoms with E-state index < -0.39 is 7.27 Å². The van der Waals surface area contributed by atoms with E-state index >= 15 is 0 Å². The SMILES string of the molecule is N#CP(Cl)C#N. The topological polar surface area (TPSA) is 47.6 Å². The summed E-state index contributed by atoms with van der Waals surface area (Å²) in [6.45, 7) is 0. The van der Waals surface area contributed by atoms with Crippen molar-refractivity contribution in [2.24, 2.45) is 0 Å². The Morgan fingerprint density at radius 2 is 1.67 bits per heavy atom. The van der Waals surface area contributed by atoms with Gasteiger partial charge < -0.3 is 0 Å². The highest BCUT2D eigenvalue weighted by atomic mass is 35.7. The summed E-state index contributed by atoms with van der Waals surface area (Å²) in [5.41, 5.74) is 0. The van der Waals surface area contributed by atoms with Crippen LogP contribution in [-0.4, -0.2) is 0 Å². The molecule has 0 fully saturated rings. The molecule has 2 nitrogen and oxygen atoms in total. The van der Waals surface area contributed by atoms with E-state index in [4.69, 9.17) is 21.8 Å². The maximum atomic E-state index is 7.76. The Bertz CT molecular complexity index is 95.7. The molecule has 0 unspecified atom stereocenters. The molecule has 0 aliphatic rings. The van der Waals surface area contributed by atoms with Gasteiger partial charge >= 0.3 is 0 Å². The number of halogens is 1. The molecule has 0 atom stereocenters. The minimum atomic E-state index is -1.49. The van der Waals surface area contributed by atoms with Gasteiger partial charge in [-0.2, -0.15) is 10.5 Å². The van der Waals surface area contributed by atoms with Gasteiger partial charge in [0.25, 0.3) is 0 Å². The van der Waals surface area contributed by atoms with Gasteiger partial charge in [0.05, 0.1) is 0 Å². The zero-order valence-electron chi connectivity index (χ0n) is 2.72. The lowest BCUT2D eigenvalue weighted by atomic mass is 11.8. The first-order valence-electron chi connectivity index (χ1n) is 1.06. The molecule has 0 heterocycles. The lowest BCUT2D eigenvalue weighted by molar-refractivity contribution is 1.55. The van der Waals surface area contributed by atoms with Gasteiger partial charge in [-0.05, 0) is 0 Å². The minimum absolute atomic E-state index is 1.49. The summed E-state index contributed by atoms with van der Waals surface area (Å²) in [4.78, 5) is 0. The molecule has 0 aliphatic carbocycles. The molecule has 4 heteroatoms. The van der Waals surface area contributed by atoms with Gasteiger partial charge in [-0.25, -0.2) is 0 Å². The molecule has 0 amide bonds. The Kier molecular flexibility index (Phi) is 2.77. The van der Waals surface area contributed by atoms with E-state index in [9.17, 15) is 0 Å². The van der Waals surface area contributed by atoms with Gasteiger partial charge in [0.15, 0.2) is 0 Å². The molecule has 0 N–H and O–H groups in total. The molecule has 0 rings (SSSR count). The first-order chi connectivity index (χ1) is 2.81. The van der Waals surface area contributed by atoms with Crippen molar-refractivity contribution in [1.82, 2.24) is 0 Å². The highest BCUT2D eigenvalue weighted by Gasteiger charge is 1.92. The van der Waals surface area contributed by atoms with Crippen molar-refractivity contribution in [2.75, 3.05) is 0 Å². The summed E-state index contributed by atoms with van der Waals surface area (Å²) in [6, 6.07) is 0. The van der Waals surface area contributed by atoms with Crippen LogP contribution in [0.2, 0.25) is 0 Å². The molecule has 0 saturated heterocycles. The van der Waals surface area contributed by atoms with E-state index in [1.165, 1.54) is 0 Å². The molecule has 0 spiro atoms. The van der Waals surface area contributed by atoms with E-state index in [2.05, 4.69) is 0 Å². The van der Waals surface area contributed by atoms with E-state index in [1.54, 1.807) is 11.6 Å². The average Bonchev–Trinajstić information content (AvgIpc) is 1.65. The maximum absolute atomic E-state index is 7.76. The second-order valence-corrected chi connectivity index (χ2v) is 2.46. The van der Waals surface area contributed by atoms with Crippen LogP contribution in [0.5, 0.6) is 0 Å². The standard InChI is InChI=1S/C2ClN2P/c3-6(1-4)2-5. The van der Waals surface area contributed by atoms with Crippen LogP contribution in [0.4, 0.5) is 0 Å². The fourth-order valence-corrected chi connectivity index (χ4v) is 0.0671. The van der Waals surface area contributed by atoms with Crippen molar-refractivity contribution in [2.45, 2.75) is 0 Å². The second kappa shape index (κ2) is 2.91. The minimum Gasteiger partial charge on any atom is -0.191 e. The molecule has 0 aromatic rings. The second-order valence-electron chi connectivity index (χ2n) is 0.481. The molecule has 6 heavy (non-hydrogen) atoms. The Balaban J connectivity index is 3.40. The summed E-state index contributed by atoms with van der Waals surface area (Å²) < 4.78 is 0. The van der Waals surface area contributed by atoms with E-state index in [0.717, 1.165) is 0 Å². The Hall–Kier alpha value is -0.300. The van der Waals surface area contributed by atoms with Crippen LogP contribution in [0, 0.1) is 22.1 Å². The number of rotatable bonds is 0. The fourth-order valence-electron chi connectivity index (χ4n) is 0.0224. The third-order valence-corrected chi connectivity index (χ3v) is 0.980. The number of nitriles is 2. The summed E-state index contributed by atoms with van der Waals surface area (Å²) in [6.07, 6.45) is 0. The van der Waals surface area contributed by atoms with Gasteiger partial charge in [0.2, 0.25) is 7.27 Å². The van der Waals surface area contributed by atoms with Gasteiger partial charge in [0.1, 0.15) is 11.6 Å². The molecule has 0 bridgehead atoms. The van der Waals surface area contributed by atoms with Crippen LogP contribution in [0.1, 0.15) is 0 Å². The molecule has 0 aliphatic heterocycles. The highest BCUT2D eigenvalue weighted by molar-refractivity contribution is 7.91. The Labute approximate surface area is 41.5 Å². The van der Waals surface area contributed by atoms with Crippen LogP contribution in [0.25, 0.3) is 0 Å². The average molecular weight is 118 g/mol. The highest BCUT2D eigenvalue weighted by Crippen LogP contribution is 2.36. The van der Waals surface area contributed by atoms with Gasteiger partial charge in [0, 0.05) is 0 Å². The van der Waals surface area contributed by atoms with Crippen molar-refractivity contribution < 1.29 is 0 Å². The monoisotopic (exact) mass is 118 g/mol. The quantitative estimate of drug-likeness (QED) is 0.454. The molecular formula is C2ClN2P. The number of hydrogen-bond donors (Lipinski definition) is 0. The number of nitrogens with zero attached hydrogens (tertiary/aromatic N) is 2. The summed E-state index contributed by atoms with van der Waals surface area (Å²) in [5, 5.41) is 15.5. The third kappa shape index (κ3) is 1.97. The van der Waals surface area contributed by atoms with Crippen LogP contribution in [0.3, 0.4) is 0 Å². The first-order valence-corrected chi connectivity index (χ1v) is 3.31. The van der Waals surface area contributed by atoms with Crippen LogP contribution >= 0.6 is 18.5 Å². The van der Waals surface area contributed by atoms with Gasteiger partial charge in [-0.15, -0.1) is 0 Å². The maximum Gasteiger partial charge on any atom is 0.204 e. The normalized spacial score (nSPS) is 6.67. The van der Waals surface area contributed by atoms with Crippen LogP contribution in [-0.2, 0) is 0 Å². The van der Waals surface area contributed by atoms with Crippen molar-refractivity contribution in [3.05, 3.63) is 0 Å².